The lowest BCUT2D eigenvalue weighted by molar-refractivity contribution is 0.0261. The van der Waals surface area contributed by atoms with Crippen molar-refractivity contribution in [1.29, 1.82) is 0 Å². The van der Waals surface area contributed by atoms with E-state index in [0.29, 0.717) is 5.54 Å². The Balaban J connectivity index is 2.02. The van der Waals surface area contributed by atoms with Crippen LogP contribution in [0.1, 0.15) is 45.4 Å². The molecule has 2 fully saturated rings. The van der Waals surface area contributed by atoms with Crippen molar-refractivity contribution in [1.82, 2.24) is 9.80 Å². The highest BCUT2D eigenvalue weighted by Gasteiger charge is 2.44. The van der Waals surface area contributed by atoms with E-state index in [2.05, 4.69) is 23.8 Å². The quantitative estimate of drug-likeness (QED) is 0.765. The molecule has 0 unspecified atom stereocenters. The third-order valence-corrected chi connectivity index (χ3v) is 4.65. The number of hydrogen-bond acceptors (Lipinski definition) is 3. The molecule has 0 amide bonds. The topological polar surface area (TPSA) is 32.5 Å². The van der Waals surface area contributed by atoms with Gasteiger partial charge in [0.25, 0.3) is 0 Å². The van der Waals surface area contributed by atoms with E-state index >= 15 is 0 Å². The molecule has 2 aliphatic rings. The summed E-state index contributed by atoms with van der Waals surface area (Å²) in [5.74, 6) is 0. The highest BCUT2D eigenvalue weighted by molar-refractivity contribution is 5.01. The molecule has 1 aliphatic heterocycles. The van der Waals surface area contributed by atoms with Crippen molar-refractivity contribution in [2.75, 3.05) is 33.2 Å². The highest BCUT2D eigenvalue weighted by atomic mass is 15.3. The fourth-order valence-electron chi connectivity index (χ4n) is 3.17. The van der Waals surface area contributed by atoms with Gasteiger partial charge in [-0.05, 0) is 58.8 Å². The van der Waals surface area contributed by atoms with E-state index in [9.17, 15) is 0 Å². The molecule has 0 aromatic carbocycles. The summed E-state index contributed by atoms with van der Waals surface area (Å²) in [5.41, 5.74) is 6.48. The normalized spacial score (nSPS) is 25.4. The number of piperidine rings is 1. The summed E-state index contributed by atoms with van der Waals surface area (Å²) in [7, 11) is 2.23. The Morgan fingerprint density at radius 3 is 2.41 bits per heavy atom. The van der Waals surface area contributed by atoms with E-state index in [1.54, 1.807) is 0 Å². The molecule has 0 radical (unpaired) electrons. The Labute approximate surface area is 106 Å². The van der Waals surface area contributed by atoms with Crippen LogP contribution in [0.3, 0.4) is 0 Å². The number of unbranched alkanes of at least 4 members (excludes halogenated alkanes) is 1. The van der Waals surface area contributed by atoms with Crippen LogP contribution in [0.4, 0.5) is 0 Å². The highest BCUT2D eigenvalue weighted by Crippen LogP contribution is 2.37. The fourth-order valence-corrected chi connectivity index (χ4v) is 3.17. The van der Waals surface area contributed by atoms with Crippen LogP contribution in [0.25, 0.3) is 0 Å². The zero-order chi connectivity index (χ0) is 12.3. The number of rotatable bonds is 6. The van der Waals surface area contributed by atoms with Gasteiger partial charge in [-0.2, -0.15) is 0 Å². The maximum absolute atomic E-state index is 6.16. The molecule has 0 aromatic heterocycles. The van der Waals surface area contributed by atoms with Gasteiger partial charge in [0.15, 0.2) is 0 Å². The SMILES string of the molecule is CCCCN(C1CC1)C1(CN)CCN(C)CC1. The molecule has 100 valence electrons. The van der Waals surface area contributed by atoms with Crippen LogP contribution in [-0.2, 0) is 0 Å². The van der Waals surface area contributed by atoms with Crippen molar-refractivity contribution in [3.63, 3.8) is 0 Å². The van der Waals surface area contributed by atoms with Crippen molar-refractivity contribution in [2.45, 2.75) is 57.0 Å². The van der Waals surface area contributed by atoms with Crippen LogP contribution in [0, 0.1) is 0 Å². The Kier molecular flexibility index (Phi) is 4.45. The Bertz CT molecular complexity index is 230. The summed E-state index contributed by atoms with van der Waals surface area (Å²) >= 11 is 0. The molecule has 1 saturated heterocycles. The fraction of sp³-hybridized carbons (Fsp3) is 1.00. The lowest BCUT2D eigenvalue weighted by Gasteiger charge is -2.48. The molecule has 0 bridgehead atoms. The van der Waals surface area contributed by atoms with E-state index in [1.165, 1.54) is 58.2 Å². The van der Waals surface area contributed by atoms with Gasteiger partial charge < -0.3 is 10.6 Å². The number of hydrogen-bond donors (Lipinski definition) is 1. The Morgan fingerprint density at radius 1 is 1.29 bits per heavy atom. The average Bonchev–Trinajstić information content (AvgIpc) is 3.17. The van der Waals surface area contributed by atoms with Crippen molar-refractivity contribution < 1.29 is 0 Å². The maximum atomic E-state index is 6.16. The lowest BCUT2D eigenvalue weighted by atomic mass is 9.85. The first-order valence-corrected chi connectivity index (χ1v) is 7.37. The van der Waals surface area contributed by atoms with Gasteiger partial charge >= 0.3 is 0 Å². The van der Waals surface area contributed by atoms with Crippen LogP contribution in [0.5, 0.6) is 0 Å². The monoisotopic (exact) mass is 239 g/mol. The van der Waals surface area contributed by atoms with E-state index in [1.807, 2.05) is 0 Å². The number of nitrogens with zero attached hydrogens (tertiary/aromatic N) is 2. The molecule has 17 heavy (non-hydrogen) atoms. The standard InChI is InChI=1S/C14H29N3/c1-3-4-9-17(13-5-6-13)14(12-15)7-10-16(2)11-8-14/h13H,3-12,15H2,1-2H3. The maximum Gasteiger partial charge on any atom is 0.0358 e. The van der Waals surface area contributed by atoms with Crippen LogP contribution < -0.4 is 5.73 Å². The molecule has 3 heteroatoms. The van der Waals surface area contributed by atoms with E-state index < -0.39 is 0 Å². The van der Waals surface area contributed by atoms with Crippen molar-refractivity contribution >= 4 is 0 Å². The average molecular weight is 239 g/mol. The second-order valence-corrected chi connectivity index (χ2v) is 6.01. The number of likely N-dealkylation sites (tertiary alicyclic amines) is 1. The first-order valence-electron chi connectivity index (χ1n) is 7.37. The zero-order valence-corrected chi connectivity index (χ0v) is 11.6. The van der Waals surface area contributed by atoms with Gasteiger partial charge in [0.05, 0.1) is 0 Å². The predicted octanol–water partition coefficient (Wildman–Crippen LogP) is 1.67. The van der Waals surface area contributed by atoms with Crippen LogP contribution in [0.2, 0.25) is 0 Å². The smallest absolute Gasteiger partial charge is 0.0358 e. The third-order valence-electron chi connectivity index (χ3n) is 4.65. The molecular weight excluding hydrogens is 210 g/mol. The summed E-state index contributed by atoms with van der Waals surface area (Å²) in [6, 6.07) is 0.855. The van der Waals surface area contributed by atoms with Crippen molar-refractivity contribution in [3.05, 3.63) is 0 Å². The summed E-state index contributed by atoms with van der Waals surface area (Å²) < 4.78 is 0. The summed E-state index contributed by atoms with van der Waals surface area (Å²) in [6.07, 6.45) is 7.96. The van der Waals surface area contributed by atoms with Gasteiger partial charge in [0.1, 0.15) is 0 Å². The molecule has 1 aliphatic carbocycles. The van der Waals surface area contributed by atoms with E-state index in [-0.39, 0.29) is 0 Å². The van der Waals surface area contributed by atoms with Gasteiger partial charge in [0.2, 0.25) is 0 Å². The summed E-state index contributed by atoms with van der Waals surface area (Å²) in [4.78, 5) is 5.22. The molecule has 0 aromatic rings. The minimum Gasteiger partial charge on any atom is -0.329 e. The number of nitrogens with two attached hydrogens (primary N) is 1. The van der Waals surface area contributed by atoms with Crippen molar-refractivity contribution in [2.24, 2.45) is 5.73 Å². The van der Waals surface area contributed by atoms with E-state index in [0.717, 1.165) is 12.6 Å². The molecule has 2 rings (SSSR count). The largest absolute Gasteiger partial charge is 0.329 e. The van der Waals surface area contributed by atoms with Crippen LogP contribution >= 0.6 is 0 Å². The second-order valence-electron chi connectivity index (χ2n) is 6.01. The van der Waals surface area contributed by atoms with Gasteiger partial charge in [-0.1, -0.05) is 13.3 Å². The van der Waals surface area contributed by atoms with E-state index in [4.69, 9.17) is 5.73 Å². The van der Waals surface area contributed by atoms with Gasteiger partial charge in [0, 0.05) is 18.1 Å². The third kappa shape index (κ3) is 3.01. The van der Waals surface area contributed by atoms with Crippen molar-refractivity contribution in [3.8, 4) is 0 Å². The molecule has 1 heterocycles. The summed E-state index contributed by atoms with van der Waals surface area (Å²) in [5, 5.41) is 0. The van der Waals surface area contributed by atoms with Crippen LogP contribution in [-0.4, -0.2) is 54.6 Å². The molecule has 2 N–H and O–H groups in total. The zero-order valence-electron chi connectivity index (χ0n) is 11.6. The second kappa shape index (κ2) is 5.68. The predicted molar refractivity (Wildman–Crippen MR) is 73.2 cm³/mol. The molecule has 3 nitrogen and oxygen atoms in total. The molecular formula is C14H29N3. The van der Waals surface area contributed by atoms with Crippen LogP contribution in [0.15, 0.2) is 0 Å². The summed E-state index contributed by atoms with van der Waals surface area (Å²) in [6.45, 7) is 6.83. The Morgan fingerprint density at radius 2 is 1.94 bits per heavy atom. The minimum atomic E-state index is 0.322. The first kappa shape index (κ1) is 13.3. The Hall–Kier alpha value is -0.120. The van der Waals surface area contributed by atoms with Gasteiger partial charge in [-0.25, -0.2) is 0 Å². The molecule has 1 saturated carbocycles. The molecule has 0 atom stereocenters. The van der Waals surface area contributed by atoms with Gasteiger partial charge in [-0.15, -0.1) is 0 Å². The van der Waals surface area contributed by atoms with Gasteiger partial charge in [-0.3, -0.25) is 4.90 Å². The minimum absolute atomic E-state index is 0.322. The lowest BCUT2D eigenvalue weighted by Crippen LogP contribution is -2.60. The molecule has 0 spiro atoms. The first-order chi connectivity index (χ1) is 8.22.